The topological polar surface area (TPSA) is 72.7 Å². The van der Waals surface area contributed by atoms with Gasteiger partial charge in [0.25, 0.3) is 0 Å². The van der Waals surface area contributed by atoms with Crippen molar-refractivity contribution in [2.45, 2.75) is 13.5 Å². The van der Waals surface area contributed by atoms with E-state index in [1.807, 2.05) is 19.2 Å². The van der Waals surface area contributed by atoms with E-state index in [2.05, 4.69) is 44.1 Å². The largest absolute Gasteiger partial charge is 0.480 e. The first-order valence-electron chi connectivity index (χ1n) is 10.1. The van der Waals surface area contributed by atoms with Crippen molar-refractivity contribution in [1.82, 2.24) is 15.0 Å². The summed E-state index contributed by atoms with van der Waals surface area (Å²) >= 11 is 0. The van der Waals surface area contributed by atoms with E-state index in [1.165, 1.54) is 11.9 Å². The van der Waals surface area contributed by atoms with Gasteiger partial charge in [0.2, 0.25) is 5.88 Å². The number of methoxy groups -OCH3 is 1. The van der Waals surface area contributed by atoms with Crippen molar-refractivity contribution in [2.24, 2.45) is 4.99 Å². The molecule has 0 N–H and O–H groups in total. The summed E-state index contributed by atoms with van der Waals surface area (Å²) in [5.74, 6) is 1.55. The highest BCUT2D eigenvalue weighted by Crippen LogP contribution is 2.34. The van der Waals surface area contributed by atoms with Gasteiger partial charge in [-0.05, 0) is 36.2 Å². The number of nitrogens with zero attached hydrogens (tertiary/aromatic N) is 5. The van der Waals surface area contributed by atoms with Gasteiger partial charge < -0.3 is 14.4 Å². The van der Waals surface area contributed by atoms with Gasteiger partial charge in [-0.2, -0.15) is 0 Å². The summed E-state index contributed by atoms with van der Waals surface area (Å²) < 4.78 is 11.0. The van der Waals surface area contributed by atoms with Gasteiger partial charge in [0, 0.05) is 30.4 Å². The summed E-state index contributed by atoms with van der Waals surface area (Å²) in [6.45, 7) is 5.84. The molecular weight excluding hydrogens is 378 g/mol. The van der Waals surface area contributed by atoms with Gasteiger partial charge in [-0.3, -0.25) is 4.99 Å². The Bertz CT molecular complexity index is 1120. The summed E-state index contributed by atoms with van der Waals surface area (Å²) in [6.07, 6.45) is 3.39. The highest BCUT2D eigenvalue weighted by molar-refractivity contribution is 6.16. The van der Waals surface area contributed by atoms with Crippen LogP contribution in [-0.2, 0) is 11.3 Å². The lowest BCUT2D eigenvalue weighted by Gasteiger charge is -2.28. The lowest BCUT2D eigenvalue weighted by molar-refractivity contribution is 0.122. The fourth-order valence-electron chi connectivity index (χ4n) is 4.06. The van der Waals surface area contributed by atoms with Crippen LogP contribution in [0.5, 0.6) is 5.88 Å². The molecule has 0 saturated carbocycles. The monoisotopic (exact) mass is 401 g/mol. The second-order valence-electron chi connectivity index (χ2n) is 7.38. The molecule has 5 rings (SSSR count). The number of hydrogen-bond acceptors (Lipinski definition) is 7. The van der Waals surface area contributed by atoms with Crippen molar-refractivity contribution in [3.05, 3.63) is 65.2 Å². The fourth-order valence-corrected chi connectivity index (χ4v) is 4.06. The summed E-state index contributed by atoms with van der Waals surface area (Å²) in [7, 11) is 1.63. The summed E-state index contributed by atoms with van der Waals surface area (Å²) in [4.78, 5) is 20.3. The predicted octanol–water partition coefficient (Wildman–Crippen LogP) is 3.04. The zero-order chi connectivity index (χ0) is 20.5. The van der Waals surface area contributed by atoms with Crippen LogP contribution in [0.3, 0.4) is 0 Å². The van der Waals surface area contributed by atoms with Crippen LogP contribution < -0.4 is 9.64 Å². The number of anilines is 1. The number of morpholine rings is 1. The van der Waals surface area contributed by atoms with Gasteiger partial charge >= 0.3 is 0 Å². The van der Waals surface area contributed by atoms with Crippen LogP contribution in [0.1, 0.15) is 22.4 Å². The van der Waals surface area contributed by atoms with E-state index >= 15 is 0 Å². The van der Waals surface area contributed by atoms with Crippen LogP contribution in [0.4, 0.5) is 5.82 Å². The van der Waals surface area contributed by atoms with Crippen LogP contribution in [0, 0.1) is 6.92 Å². The Hall–Kier alpha value is -3.32. The first kappa shape index (κ1) is 18.7. The molecule has 2 aromatic heterocycles. The molecular formula is C23H23N5O2. The normalized spacial score (nSPS) is 15.7. The van der Waals surface area contributed by atoms with E-state index in [0.717, 1.165) is 65.8 Å². The minimum atomic E-state index is 0.581. The molecule has 4 heterocycles. The maximum absolute atomic E-state index is 5.49. The lowest BCUT2D eigenvalue weighted by Crippen LogP contribution is -2.36. The predicted molar refractivity (Wildman–Crippen MR) is 115 cm³/mol. The maximum Gasteiger partial charge on any atom is 0.224 e. The molecule has 30 heavy (non-hydrogen) atoms. The van der Waals surface area contributed by atoms with E-state index in [9.17, 15) is 0 Å². The Morgan fingerprint density at radius 1 is 1.00 bits per heavy atom. The van der Waals surface area contributed by atoms with Gasteiger partial charge in [0.1, 0.15) is 12.1 Å². The fraction of sp³-hybridized carbons (Fsp3) is 0.304. The number of aliphatic imine (C=N–C) groups is 1. The van der Waals surface area contributed by atoms with E-state index in [4.69, 9.17) is 14.5 Å². The second kappa shape index (κ2) is 7.84. The van der Waals surface area contributed by atoms with Gasteiger partial charge in [-0.15, -0.1) is 0 Å². The molecule has 1 saturated heterocycles. The third kappa shape index (κ3) is 3.31. The van der Waals surface area contributed by atoms with Crippen molar-refractivity contribution in [2.75, 3.05) is 38.3 Å². The van der Waals surface area contributed by atoms with Crippen molar-refractivity contribution in [1.29, 1.82) is 0 Å². The molecule has 152 valence electrons. The molecule has 2 aliphatic heterocycles. The Morgan fingerprint density at radius 2 is 1.87 bits per heavy atom. The molecule has 0 bridgehead atoms. The number of pyridine rings is 1. The minimum Gasteiger partial charge on any atom is -0.480 e. The number of fused-ring (bicyclic) bond motifs is 1. The van der Waals surface area contributed by atoms with E-state index < -0.39 is 0 Å². The molecule has 0 radical (unpaired) electrons. The summed E-state index contributed by atoms with van der Waals surface area (Å²) in [5, 5.41) is 0. The minimum absolute atomic E-state index is 0.581. The van der Waals surface area contributed by atoms with E-state index in [1.54, 1.807) is 7.11 Å². The Kier molecular flexibility index (Phi) is 4.88. The third-order valence-electron chi connectivity index (χ3n) is 5.61. The van der Waals surface area contributed by atoms with Crippen LogP contribution in [0.15, 0.2) is 47.8 Å². The average molecular weight is 401 g/mol. The lowest BCUT2D eigenvalue weighted by atomic mass is 9.95. The molecule has 2 aliphatic rings. The molecule has 0 aliphatic carbocycles. The molecule has 1 aromatic carbocycles. The van der Waals surface area contributed by atoms with Gasteiger partial charge in [0.05, 0.1) is 43.8 Å². The van der Waals surface area contributed by atoms with E-state index in [0.29, 0.717) is 12.4 Å². The van der Waals surface area contributed by atoms with Crippen LogP contribution in [-0.4, -0.2) is 54.1 Å². The van der Waals surface area contributed by atoms with Crippen LogP contribution in [0.25, 0.3) is 11.1 Å². The second-order valence-corrected chi connectivity index (χ2v) is 7.38. The number of benzene rings is 1. The molecule has 1 fully saturated rings. The number of aryl methyl sites for hydroxylation is 1. The first-order chi connectivity index (χ1) is 14.7. The third-order valence-corrected chi connectivity index (χ3v) is 5.61. The van der Waals surface area contributed by atoms with Crippen molar-refractivity contribution >= 4 is 11.5 Å². The van der Waals surface area contributed by atoms with Gasteiger partial charge in [-0.1, -0.05) is 12.1 Å². The highest BCUT2D eigenvalue weighted by atomic mass is 16.5. The molecule has 7 heteroatoms. The zero-order valence-electron chi connectivity index (χ0n) is 17.1. The quantitative estimate of drug-likeness (QED) is 0.669. The number of hydrogen-bond donors (Lipinski definition) is 0. The standard InChI is InChI=1S/C23H23N5O2/c1-15-21(23(29-2)27-14-26-15)16-3-4-18-13-25-22(19(18)11-16)17-5-6-24-20(12-17)28-7-9-30-10-8-28/h3-6,11-12,14H,7-10,13H2,1-2H3. The Labute approximate surface area is 175 Å². The molecule has 0 amide bonds. The van der Waals surface area contributed by atoms with Gasteiger partial charge in [-0.25, -0.2) is 15.0 Å². The average Bonchev–Trinajstić information content (AvgIpc) is 3.23. The van der Waals surface area contributed by atoms with Crippen molar-refractivity contribution < 1.29 is 9.47 Å². The number of ether oxygens (including phenoxy) is 2. The molecule has 7 nitrogen and oxygen atoms in total. The summed E-state index contributed by atoms with van der Waals surface area (Å²) in [6, 6.07) is 10.6. The van der Waals surface area contributed by atoms with Crippen LogP contribution in [0.2, 0.25) is 0 Å². The van der Waals surface area contributed by atoms with Crippen molar-refractivity contribution in [3.8, 4) is 17.0 Å². The van der Waals surface area contributed by atoms with Crippen molar-refractivity contribution in [3.63, 3.8) is 0 Å². The Morgan fingerprint density at radius 3 is 2.70 bits per heavy atom. The van der Waals surface area contributed by atoms with Crippen LogP contribution >= 0.6 is 0 Å². The highest BCUT2D eigenvalue weighted by Gasteiger charge is 2.22. The molecule has 0 atom stereocenters. The number of aromatic nitrogens is 3. The van der Waals surface area contributed by atoms with E-state index in [-0.39, 0.29) is 0 Å². The first-order valence-corrected chi connectivity index (χ1v) is 10.1. The maximum atomic E-state index is 5.49. The number of rotatable bonds is 4. The smallest absolute Gasteiger partial charge is 0.224 e. The summed E-state index contributed by atoms with van der Waals surface area (Å²) in [5.41, 5.74) is 7.26. The molecule has 0 spiro atoms. The zero-order valence-corrected chi connectivity index (χ0v) is 17.1. The molecule has 0 unspecified atom stereocenters. The Balaban J connectivity index is 1.53. The molecule has 3 aromatic rings. The SMILES string of the molecule is COc1ncnc(C)c1-c1ccc2c(c1)C(c1ccnc(N3CCOCC3)c1)=NC2. The van der Waals surface area contributed by atoms with Gasteiger partial charge in [0.15, 0.2) is 0 Å².